The van der Waals surface area contributed by atoms with Crippen molar-refractivity contribution in [3.05, 3.63) is 27.5 Å². The number of carbonyl (C=O) groups excluding carboxylic acids is 3. The van der Waals surface area contributed by atoms with Crippen molar-refractivity contribution in [1.29, 1.82) is 0 Å². The molecule has 1 aromatic carbocycles. The lowest BCUT2D eigenvalue weighted by Crippen LogP contribution is -2.40. The summed E-state index contributed by atoms with van der Waals surface area (Å²) in [6.45, 7) is 3.38. The predicted molar refractivity (Wildman–Crippen MR) is 106 cm³/mol. The average Bonchev–Trinajstić information content (AvgIpc) is 3.10. The van der Waals surface area contributed by atoms with Crippen LogP contribution in [0.5, 0.6) is 0 Å². The quantitative estimate of drug-likeness (QED) is 0.475. The number of fused-ring (bicyclic) bond motifs is 1. The third-order valence-electron chi connectivity index (χ3n) is 4.28. The van der Waals surface area contributed by atoms with Crippen LogP contribution in [0, 0.1) is 0 Å². The van der Waals surface area contributed by atoms with Crippen molar-refractivity contribution in [3.63, 3.8) is 0 Å². The number of hydrogen-bond donors (Lipinski definition) is 0. The molecule has 3 rings (SSSR count). The molecule has 4 atom stereocenters. The van der Waals surface area contributed by atoms with E-state index in [1.807, 2.05) is 0 Å². The molecule has 1 fully saturated rings. The smallest absolute Gasteiger partial charge is 0.303 e. The molecule has 1 aromatic heterocycles. The molecule has 12 heteroatoms. The van der Waals surface area contributed by atoms with Gasteiger partial charge in [0.25, 0.3) is 0 Å². The second-order valence-corrected chi connectivity index (χ2v) is 7.67. The van der Waals surface area contributed by atoms with Gasteiger partial charge in [-0.25, -0.2) is 4.98 Å². The molecule has 2 aromatic rings. The Morgan fingerprint density at radius 1 is 1.00 bits per heavy atom. The molecule has 0 spiro atoms. The molecule has 9 nitrogen and oxygen atoms in total. The van der Waals surface area contributed by atoms with E-state index in [4.69, 9.17) is 53.8 Å². The van der Waals surface area contributed by atoms with Crippen LogP contribution in [-0.2, 0) is 33.3 Å². The maximum atomic E-state index is 11.8. The molecule has 0 amide bonds. The zero-order chi connectivity index (χ0) is 22.2. The lowest BCUT2D eigenvalue weighted by Gasteiger charge is -2.24. The van der Waals surface area contributed by atoms with Gasteiger partial charge in [-0.2, -0.15) is 0 Å². The van der Waals surface area contributed by atoms with E-state index >= 15 is 0 Å². The number of halogens is 3. The number of carbonyl (C=O) groups is 3. The molecule has 30 heavy (non-hydrogen) atoms. The summed E-state index contributed by atoms with van der Waals surface area (Å²) in [4.78, 5) is 38.9. The summed E-state index contributed by atoms with van der Waals surface area (Å²) in [5.74, 6) is -1.83. The van der Waals surface area contributed by atoms with E-state index in [-0.39, 0.29) is 21.9 Å². The maximum Gasteiger partial charge on any atom is 0.303 e. The Morgan fingerprint density at radius 3 is 2.20 bits per heavy atom. The molecule has 0 aliphatic carbocycles. The van der Waals surface area contributed by atoms with Crippen molar-refractivity contribution in [2.75, 3.05) is 6.61 Å². The van der Waals surface area contributed by atoms with Crippen LogP contribution in [0.1, 0.15) is 27.0 Å². The minimum Gasteiger partial charge on any atom is -0.463 e. The van der Waals surface area contributed by atoms with Gasteiger partial charge in [0.1, 0.15) is 12.7 Å². The van der Waals surface area contributed by atoms with Gasteiger partial charge in [0.2, 0.25) is 5.28 Å². The minimum absolute atomic E-state index is 0.000182. The van der Waals surface area contributed by atoms with Crippen LogP contribution in [0.3, 0.4) is 0 Å². The first-order chi connectivity index (χ1) is 14.1. The van der Waals surface area contributed by atoms with Gasteiger partial charge in [0.05, 0.1) is 21.1 Å². The summed E-state index contributed by atoms with van der Waals surface area (Å²) in [6.07, 6.45) is -4.14. The Kier molecular flexibility index (Phi) is 6.76. The van der Waals surface area contributed by atoms with Crippen molar-refractivity contribution in [3.8, 4) is 0 Å². The average molecular weight is 480 g/mol. The number of esters is 3. The van der Waals surface area contributed by atoms with Crippen LogP contribution in [-0.4, -0.2) is 52.4 Å². The standard InChI is InChI=1S/C18H17Cl3N2O7/c1-7(24)27-6-14-15(28-8(2)25)16(29-9(3)26)17(30-14)23-13-5-11(20)10(19)4-12(13)22-18(23)21/h4-5,14-17H,6H2,1-3H3/t14-,15+,16+,17-/m1/s1. The third-order valence-corrected chi connectivity index (χ3v) is 5.27. The highest BCUT2D eigenvalue weighted by Gasteiger charge is 2.51. The monoisotopic (exact) mass is 478 g/mol. The summed E-state index contributed by atoms with van der Waals surface area (Å²) in [6, 6.07) is 3.06. The molecule has 1 aliphatic heterocycles. The van der Waals surface area contributed by atoms with Crippen molar-refractivity contribution >= 4 is 63.7 Å². The molecule has 1 aliphatic rings. The molecule has 0 saturated carbocycles. The van der Waals surface area contributed by atoms with E-state index < -0.39 is 42.4 Å². The zero-order valence-electron chi connectivity index (χ0n) is 16.1. The maximum absolute atomic E-state index is 11.8. The van der Waals surface area contributed by atoms with E-state index in [0.717, 1.165) is 0 Å². The van der Waals surface area contributed by atoms with Gasteiger partial charge in [-0.3, -0.25) is 19.0 Å². The molecule has 162 valence electrons. The normalized spacial score (nSPS) is 23.4. The predicted octanol–water partition coefficient (Wildman–Crippen LogP) is 3.32. The molecule has 0 N–H and O–H groups in total. The highest BCUT2D eigenvalue weighted by atomic mass is 35.5. The molecule has 0 radical (unpaired) electrons. The van der Waals surface area contributed by atoms with Crippen LogP contribution in [0.2, 0.25) is 15.3 Å². The van der Waals surface area contributed by atoms with Crippen LogP contribution in [0.4, 0.5) is 0 Å². The van der Waals surface area contributed by atoms with Crippen LogP contribution in [0.15, 0.2) is 12.1 Å². The van der Waals surface area contributed by atoms with Crippen LogP contribution < -0.4 is 0 Å². The van der Waals surface area contributed by atoms with Crippen molar-refractivity contribution in [2.24, 2.45) is 0 Å². The first-order valence-corrected chi connectivity index (χ1v) is 9.87. The third kappa shape index (κ3) is 4.64. The van der Waals surface area contributed by atoms with Gasteiger partial charge < -0.3 is 18.9 Å². The highest BCUT2D eigenvalue weighted by molar-refractivity contribution is 6.42. The van der Waals surface area contributed by atoms with Gasteiger partial charge in [-0.05, 0) is 23.7 Å². The molecule has 0 unspecified atom stereocenters. The van der Waals surface area contributed by atoms with Crippen LogP contribution >= 0.6 is 34.8 Å². The topological polar surface area (TPSA) is 106 Å². The van der Waals surface area contributed by atoms with Gasteiger partial charge in [-0.15, -0.1) is 0 Å². The number of ether oxygens (including phenoxy) is 4. The minimum atomic E-state index is -1.10. The summed E-state index contributed by atoms with van der Waals surface area (Å²) < 4.78 is 23.2. The Balaban J connectivity index is 2.09. The summed E-state index contributed by atoms with van der Waals surface area (Å²) in [5, 5.41) is 0.525. The van der Waals surface area contributed by atoms with Crippen molar-refractivity contribution < 1.29 is 33.3 Å². The Hall–Kier alpha value is -2.07. The Bertz CT molecular complexity index is 1010. The summed E-state index contributed by atoms with van der Waals surface area (Å²) >= 11 is 18.5. The number of aromatic nitrogens is 2. The molecule has 1 saturated heterocycles. The van der Waals surface area contributed by atoms with E-state index in [9.17, 15) is 14.4 Å². The number of nitrogens with zero attached hydrogens (tertiary/aromatic N) is 2. The number of imidazole rings is 1. The summed E-state index contributed by atoms with van der Waals surface area (Å²) in [5.41, 5.74) is 0.873. The van der Waals surface area contributed by atoms with Gasteiger partial charge >= 0.3 is 17.9 Å². The van der Waals surface area contributed by atoms with Gasteiger partial charge in [-0.1, -0.05) is 23.2 Å². The molecule has 0 bridgehead atoms. The number of hydrogen-bond acceptors (Lipinski definition) is 8. The first kappa shape index (κ1) is 22.6. The molecular formula is C18H17Cl3N2O7. The lowest BCUT2D eigenvalue weighted by molar-refractivity contribution is -0.166. The highest BCUT2D eigenvalue weighted by Crippen LogP contribution is 2.39. The first-order valence-electron chi connectivity index (χ1n) is 8.74. The number of benzene rings is 1. The zero-order valence-corrected chi connectivity index (χ0v) is 18.3. The second kappa shape index (κ2) is 8.97. The molecular weight excluding hydrogens is 463 g/mol. The SMILES string of the molecule is CC(=O)OC[C@H]1O[C@@H](n2c(Cl)nc3cc(Cl)c(Cl)cc32)[C@@H](OC(C)=O)[C@H]1OC(C)=O. The van der Waals surface area contributed by atoms with E-state index in [0.29, 0.717) is 11.0 Å². The Labute approximate surface area is 186 Å². The largest absolute Gasteiger partial charge is 0.463 e. The molecule has 2 heterocycles. The van der Waals surface area contributed by atoms with Gasteiger partial charge in [0.15, 0.2) is 18.4 Å². The fourth-order valence-electron chi connectivity index (χ4n) is 3.20. The van der Waals surface area contributed by atoms with E-state index in [1.165, 1.54) is 37.5 Å². The van der Waals surface area contributed by atoms with Crippen LogP contribution in [0.25, 0.3) is 11.0 Å². The number of rotatable bonds is 5. The van der Waals surface area contributed by atoms with Crippen molar-refractivity contribution in [1.82, 2.24) is 9.55 Å². The Morgan fingerprint density at radius 2 is 1.60 bits per heavy atom. The second-order valence-electron chi connectivity index (χ2n) is 6.52. The van der Waals surface area contributed by atoms with E-state index in [2.05, 4.69) is 4.98 Å². The van der Waals surface area contributed by atoms with E-state index in [1.54, 1.807) is 0 Å². The summed E-state index contributed by atoms with van der Waals surface area (Å²) in [7, 11) is 0. The van der Waals surface area contributed by atoms with Crippen molar-refractivity contribution in [2.45, 2.75) is 45.3 Å². The lowest BCUT2D eigenvalue weighted by atomic mass is 10.1. The van der Waals surface area contributed by atoms with Gasteiger partial charge in [0, 0.05) is 20.8 Å². The fourth-order valence-corrected chi connectivity index (χ4v) is 3.80. The fraction of sp³-hybridized carbons (Fsp3) is 0.444.